The van der Waals surface area contributed by atoms with Crippen LogP contribution in [0.3, 0.4) is 0 Å². The number of hydrogen-bond acceptors (Lipinski definition) is 3. The maximum atomic E-state index is 11.0. The predicted octanol–water partition coefficient (Wildman–Crippen LogP) is 1.67. The summed E-state index contributed by atoms with van der Waals surface area (Å²) >= 11 is 0. The quantitative estimate of drug-likeness (QED) is 0.538. The maximum Gasteiger partial charge on any atom is 0.330 e. The molecule has 14 heavy (non-hydrogen) atoms. The third-order valence-electron chi connectivity index (χ3n) is 1.79. The number of esters is 1. The van der Waals surface area contributed by atoms with Gasteiger partial charge in [0.1, 0.15) is 6.04 Å². The third-order valence-corrected chi connectivity index (χ3v) is 1.79. The van der Waals surface area contributed by atoms with Crippen molar-refractivity contribution >= 4 is 12.2 Å². The standard InChI is InChI=1S/C11H13NO2/c1-9(11(13)14-2)12-8-10-6-4-3-5-7-10/h3-9H,1-2H3/t9-/m0/s1. The molecule has 1 aromatic carbocycles. The van der Waals surface area contributed by atoms with Crippen molar-refractivity contribution in [3.8, 4) is 0 Å². The summed E-state index contributed by atoms with van der Waals surface area (Å²) in [6.45, 7) is 1.70. The van der Waals surface area contributed by atoms with Crippen molar-refractivity contribution in [1.29, 1.82) is 0 Å². The number of rotatable bonds is 3. The first kappa shape index (κ1) is 10.4. The van der Waals surface area contributed by atoms with Crippen LogP contribution >= 0.6 is 0 Å². The van der Waals surface area contributed by atoms with Crippen LogP contribution in [0.4, 0.5) is 0 Å². The Labute approximate surface area is 83.4 Å². The largest absolute Gasteiger partial charge is 0.467 e. The van der Waals surface area contributed by atoms with E-state index in [1.807, 2.05) is 30.3 Å². The van der Waals surface area contributed by atoms with E-state index in [0.29, 0.717) is 0 Å². The lowest BCUT2D eigenvalue weighted by molar-refractivity contribution is -0.141. The highest BCUT2D eigenvalue weighted by Crippen LogP contribution is 1.97. The summed E-state index contributed by atoms with van der Waals surface area (Å²) in [4.78, 5) is 15.1. The Morgan fingerprint density at radius 2 is 2.07 bits per heavy atom. The molecule has 0 saturated carbocycles. The molecule has 74 valence electrons. The number of ether oxygens (including phenoxy) is 1. The van der Waals surface area contributed by atoms with Crippen molar-refractivity contribution in [1.82, 2.24) is 0 Å². The van der Waals surface area contributed by atoms with E-state index in [4.69, 9.17) is 0 Å². The van der Waals surface area contributed by atoms with Gasteiger partial charge in [-0.25, -0.2) is 4.79 Å². The van der Waals surface area contributed by atoms with E-state index >= 15 is 0 Å². The van der Waals surface area contributed by atoms with Crippen molar-refractivity contribution in [2.75, 3.05) is 7.11 Å². The van der Waals surface area contributed by atoms with Crippen molar-refractivity contribution < 1.29 is 9.53 Å². The van der Waals surface area contributed by atoms with Crippen LogP contribution in [-0.2, 0) is 9.53 Å². The molecule has 0 aromatic heterocycles. The molecule has 1 atom stereocenters. The lowest BCUT2D eigenvalue weighted by Crippen LogP contribution is -2.16. The predicted molar refractivity (Wildman–Crippen MR) is 55.5 cm³/mol. The summed E-state index contributed by atoms with van der Waals surface area (Å²) in [6.07, 6.45) is 1.67. The zero-order valence-electron chi connectivity index (χ0n) is 8.31. The average Bonchev–Trinajstić information content (AvgIpc) is 2.26. The molecule has 1 aromatic rings. The molecule has 0 heterocycles. The first-order valence-electron chi connectivity index (χ1n) is 4.40. The third kappa shape index (κ3) is 3.01. The number of methoxy groups -OCH3 is 1. The Bertz CT molecular complexity index is 319. The van der Waals surface area contributed by atoms with E-state index in [2.05, 4.69) is 9.73 Å². The number of benzene rings is 1. The maximum absolute atomic E-state index is 11.0. The number of nitrogens with zero attached hydrogens (tertiary/aromatic N) is 1. The van der Waals surface area contributed by atoms with Crippen molar-refractivity contribution in [2.24, 2.45) is 4.99 Å². The van der Waals surface area contributed by atoms with Gasteiger partial charge in [-0.05, 0) is 12.5 Å². The van der Waals surface area contributed by atoms with Crippen LogP contribution < -0.4 is 0 Å². The van der Waals surface area contributed by atoms with E-state index in [-0.39, 0.29) is 5.97 Å². The topological polar surface area (TPSA) is 38.7 Å². The molecular weight excluding hydrogens is 178 g/mol. The van der Waals surface area contributed by atoms with E-state index in [1.165, 1.54) is 7.11 Å². The number of carbonyl (C=O) groups is 1. The van der Waals surface area contributed by atoms with Crippen LogP contribution in [0.25, 0.3) is 0 Å². The number of carbonyl (C=O) groups excluding carboxylic acids is 1. The molecule has 0 aliphatic rings. The van der Waals surface area contributed by atoms with Gasteiger partial charge in [-0.3, -0.25) is 4.99 Å². The highest BCUT2D eigenvalue weighted by molar-refractivity contribution is 5.83. The zero-order valence-corrected chi connectivity index (χ0v) is 8.31. The highest BCUT2D eigenvalue weighted by atomic mass is 16.5. The minimum Gasteiger partial charge on any atom is -0.467 e. The Hall–Kier alpha value is -1.64. The van der Waals surface area contributed by atoms with Gasteiger partial charge in [-0.15, -0.1) is 0 Å². The van der Waals surface area contributed by atoms with E-state index in [0.717, 1.165) is 5.56 Å². The first-order valence-corrected chi connectivity index (χ1v) is 4.40. The van der Waals surface area contributed by atoms with E-state index < -0.39 is 6.04 Å². The van der Waals surface area contributed by atoms with Gasteiger partial charge >= 0.3 is 5.97 Å². The number of aliphatic imine (C=N–C) groups is 1. The second-order valence-electron chi connectivity index (χ2n) is 2.89. The van der Waals surface area contributed by atoms with Gasteiger partial charge in [0.25, 0.3) is 0 Å². The van der Waals surface area contributed by atoms with Crippen LogP contribution in [0.15, 0.2) is 35.3 Å². The minimum absolute atomic E-state index is 0.322. The first-order chi connectivity index (χ1) is 6.74. The Kier molecular flexibility index (Phi) is 3.85. The van der Waals surface area contributed by atoms with Crippen LogP contribution in [0.5, 0.6) is 0 Å². The summed E-state index contributed by atoms with van der Waals surface area (Å²) in [6, 6.07) is 9.18. The van der Waals surface area contributed by atoms with Gasteiger partial charge in [0.2, 0.25) is 0 Å². The molecule has 0 saturated heterocycles. The van der Waals surface area contributed by atoms with Gasteiger partial charge in [-0.2, -0.15) is 0 Å². The van der Waals surface area contributed by atoms with Gasteiger partial charge in [0.15, 0.2) is 0 Å². The van der Waals surface area contributed by atoms with Gasteiger partial charge in [0, 0.05) is 6.21 Å². The molecular formula is C11H13NO2. The van der Waals surface area contributed by atoms with Crippen molar-refractivity contribution in [3.05, 3.63) is 35.9 Å². The fourth-order valence-electron chi connectivity index (χ4n) is 0.968. The fourth-order valence-corrected chi connectivity index (χ4v) is 0.968. The summed E-state index contributed by atoms with van der Waals surface area (Å²) in [5, 5.41) is 0. The van der Waals surface area contributed by atoms with Crippen LogP contribution in [0, 0.1) is 0 Å². The molecule has 0 radical (unpaired) electrons. The molecule has 0 unspecified atom stereocenters. The van der Waals surface area contributed by atoms with Gasteiger partial charge < -0.3 is 4.74 Å². The van der Waals surface area contributed by atoms with Crippen LogP contribution in [0.2, 0.25) is 0 Å². The van der Waals surface area contributed by atoms with E-state index in [9.17, 15) is 4.79 Å². The summed E-state index contributed by atoms with van der Waals surface area (Å²) < 4.78 is 4.55. The molecule has 0 spiro atoms. The van der Waals surface area contributed by atoms with Crippen LogP contribution in [0.1, 0.15) is 12.5 Å². The monoisotopic (exact) mass is 191 g/mol. The molecule has 3 heteroatoms. The minimum atomic E-state index is -0.444. The normalized spacial score (nSPS) is 12.7. The Morgan fingerprint density at radius 1 is 1.43 bits per heavy atom. The number of hydrogen-bond donors (Lipinski definition) is 0. The second kappa shape index (κ2) is 5.17. The molecule has 0 fully saturated rings. The zero-order chi connectivity index (χ0) is 10.4. The van der Waals surface area contributed by atoms with Gasteiger partial charge in [-0.1, -0.05) is 30.3 Å². The second-order valence-corrected chi connectivity index (χ2v) is 2.89. The summed E-state index contributed by atoms with van der Waals surface area (Å²) in [5.74, 6) is -0.322. The Morgan fingerprint density at radius 3 is 2.64 bits per heavy atom. The molecule has 3 nitrogen and oxygen atoms in total. The van der Waals surface area contributed by atoms with Crippen molar-refractivity contribution in [2.45, 2.75) is 13.0 Å². The molecule has 0 aliphatic carbocycles. The van der Waals surface area contributed by atoms with Gasteiger partial charge in [0.05, 0.1) is 7.11 Å². The highest BCUT2D eigenvalue weighted by Gasteiger charge is 2.09. The fraction of sp³-hybridized carbons (Fsp3) is 0.273. The molecule has 0 N–H and O–H groups in total. The smallest absolute Gasteiger partial charge is 0.330 e. The molecule has 0 bridgehead atoms. The molecule has 0 amide bonds. The van der Waals surface area contributed by atoms with Crippen LogP contribution in [-0.4, -0.2) is 25.3 Å². The average molecular weight is 191 g/mol. The summed E-state index contributed by atoms with van der Waals surface area (Å²) in [7, 11) is 1.36. The van der Waals surface area contributed by atoms with Crippen molar-refractivity contribution in [3.63, 3.8) is 0 Å². The van der Waals surface area contributed by atoms with E-state index in [1.54, 1.807) is 13.1 Å². The molecule has 0 aliphatic heterocycles. The Balaban J connectivity index is 2.60. The lowest BCUT2D eigenvalue weighted by atomic mass is 10.2. The SMILES string of the molecule is COC(=O)[C@H](C)N=Cc1ccccc1. The summed E-state index contributed by atoms with van der Waals surface area (Å²) in [5.41, 5.74) is 0.975. The molecule has 1 rings (SSSR count). The lowest BCUT2D eigenvalue weighted by Gasteiger charge is -2.02.